The number of hydrogen-bond acceptors (Lipinski definition) is 4. The van der Waals surface area contributed by atoms with Crippen molar-refractivity contribution in [1.29, 1.82) is 0 Å². The summed E-state index contributed by atoms with van der Waals surface area (Å²) in [6.07, 6.45) is 14.9. The molecule has 5 rings (SSSR count). The molecule has 5 nitrogen and oxygen atoms in total. The molecule has 0 radical (unpaired) electrons. The molecule has 1 aromatic heterocycles. The van der Waals surface area contributed by atoms with Gasteiger partial charge in [-0.1, -0.05) is 19.9 Å². The second-order valence-corrected chi connectivity index (χ2v) is 11.3. The van der Waals surface area contributed by atoms with Crippen LogP contribution in [0.1, 0.15) is 82.5 Å². The number of pyridine rings is 1. The number of rotatable bonds is 3. The Labute approximate surface area is 191 Å². The fourth-order valence-electron chi connectivity index (χ4n) is 8.13. The van der Waals surface area contributed by atoms with Gasteiger partial charge in [-0.25, -0.2) is 5.43 Å². The molecule has 7 atom stereocenters. The van der Waals surface area contributed by atoms with Crippen LogP contribution in [0.5, 0.6) is 0 Å². The lowest BCUT2D eigenvalue weighted by molar-refractivity contribution is -0.117. The molecule has 2 N–H and O–H groups in total. The highest BCUT2D eigenvalue weighted by molar-refractivity contribution is 6.01. The third-order valence-corrected chi connectivity index (χ3v) is 9.88. The Kier molecular flexibility index (Phi) is 5.51. The summed E-state index contributed by atoms with van der Waals surface area (Å²) in [5, 5.41) is 14.8. The van der Waals surface area contributed by atoms with Gasteiger partial charge in [0.05, 0.1) is 11.8 Å². The first kappa shape index (κ1) is 21.8. The van der Waals surface area contributed by atoms with Gasteiger partial charge in [-0.2, -0.15) is 5.10 Å². The number of hydrogen-bond donors (Lipinski definition) is 2. The Balaban J connectivity index is 1.32. The van der Waals surface area contributed by atoms with Crippen LogP contribution in [0, 0.1) is 34.5 Å². The first-order valence-corrected chi connectivity index (χ1v) is 12.5. The Morgan fingerprint density at radius 3 is 2.69 bits per heavy atom. The van der Waals surface area contributed by atoms with E-state index in [1.165, 1.54) is 37.7 Å². The highest BCUT2D eigenvalue weighted by Crippen LogP contribution is 2.66. The van der Waals surface area contributed by atoms with Gasteiger partial charge in [-0.05, 0) is 110 Å². The second kappa shape index (κ2) is 8.09. The summed E-state index contributed by atoms with van der Waals surface area (Å²) >= 11 is 0. The molecule has 1 heterocycles. The van der Waals surface area contributed by atoms with E-state index in [0.29, 0.717) is 22.8 Å². The number of allylic oxidation sites excluding steroid dienone is 2. The van der Waals surface area contributed by atoms with Crippen LogP contribution in [0.2, 0.25) is 0 Å². The molecule has 0 bridgehead atoms. The van der Waals surface area contributed by atoms with Crippen LogP contribution in [-0.2, 0) is 0 Å². The first-order chi connectivity index (χ1) is 15.3. The van der Waals surface area contributed by atoms with Crippen molar-refractivity contribution in [1.82, 2.24) is 10.4 Å². The van der Waals surface area contributed by atoms with Crippen LogP contribution in [0.25, 0.3) is 0 Å². The van der Waals surface area contributed by atoms with Gasteiger partial charge < -0.3 is 5.11 Å². The third kappa shape index (κ3) is 3.44. The maximum atomic E-state index is 12.4. The smallest absolute Gasteiger partial charge is 0.271 e. The van der Waals surface area contributed by atoms with Crippen LogP contribution in [0.3, 0.4) is 0 Å². The number of nitrogens with one attached hydrogen (secondary N) is 1. The normalized spacial score (nSPS) is 41.2. The summed E-state index contributed by atoms with van der Waals surface area (Å²) in [6.45, 7) is 7.02. The second-order valence-electron chi connectivity index (χ2n) is 11.3. The van der Waals surface area contributed by atoms with E-state index in [9.17, 15) is 9.90 Å². The van der Waals surface area contributed by atoms with Gasteiger partial charge >= 0.3 is 0 Å². The van der Waals surface area contributed by atoms with Crippen molar-refractivity contribution < 1.29 is 9.90 Å². The lowest BCUT2D eigenvalue weighted by Gasteiger charge is -2.60. The van der Waals surface area contributed by atoms with Gasteiger partial charge in [0.2, 0.25) is 0 Å². The molecule has 172 valence electrons. The van der Waals surface area contributed by atoms with Crippen molar-refractivity contribution in [3.63, 3.8) is 0 Å². The average molecular weight is 436 g/mol. The summed E-state index contributed by atoms with van der Waals surface area (Å²) in [6, 6.07) is 3.41. The zero-order valence-corrected chi connectivity index (χ0v) is 19.7. The summed E-state index contributed by atoms with van der Waals surface area (Å²) in [5.74, 6) is 2.71. The van der Waals surface area contributed by atoms with Crippen molar-refractivity contribution >= 4 is 11.6 Å². The topological polar surface area (TPSA) is 74.6 Å². The van der Waals surface area contributed by atoms with Gasteiger partial charge in [0.15, 0.2) is 0 Å². The van der Waals surface area contributed by atoms with E-state index in [4.69, 9.17) is 0 Å². The summed E-state index contributed by atoms with van der Waals surface area (Å²) in [5.41, 5.74) is 6.14. The fraction of sp³-hybridized carbons (Fsp3) is 0.667. The molecule has 32 heavy (non-hydrogen) atoms. The molecular formula is C27H37N3O2. The van der Waals surface area contributed by atoms with Crippen LogP contribution in [0.4, 0.5) is 0 Å². The highest BCUT2D eigenvalue weighted by atomic mass is 16.3. The van der Waals surface area contributed by atoms with Gasteiger partial charge in [-0.15, -0.1) is 0 Å². The van der Waals surface area contributed by atoms with Gasteiger partial charge in [0.1, 0.15) is 0 Å². The number of aliphatic hydroxyl groups is 1. The molecule has 0 aromatic carbocycles. The molecule has 4 aliphatic rings. The lowest BCUT2D eigenvalue weighted by Crippen LogP contribution is -2.53. The molecule has 3 saturated carbocycles. The Morgan fingerprint density at radius 1 is 1.12 bits per heavy atom. The molecule has 1 aromatic rings. The lowest BCUT2D eigenvalue weighted by atomic mass is 9.44. The van der Waals surface area contributed by atoms with Crippen molar-refractivity contribution in [3.05, 3.63) is 41.7 Å². The van der Waals surface area contributed by atoms with Crippen LogP contribution in [-0.4, -0.2) is 27.8 Å². The van der Waals surface area contributed by atoms with E-state index in [-0.39, 0.29) is 17.4 Å². The Hall–Kier alpha value is -2.01. The van der Waals surface area contributed by atoms with Gasteiger partial charge in [-0.3, -0.25) is 9.78 Å². The maximum Gasteiger partial charge on any atom is 0.271 e. The van der Waals surface area contributed by atoms with E-state index in [1.807, 2.05) is 6.92 Å². The summed E-state index contributed by atoms with van der Waals surface area (Å²) in [4.78, 5) is 16.4. The molecule has 1 amide bonds. The zero-order chi connectivity index (χ0) is 22.5. The van der Waals surface area contributed by atoms with E-state index in [2.05, 4.69) is 35.4 Å². The molecular weight excluding hydrogens is 398 g/mol. The standard InChI is InChI=1S/C27H37N3O2/c1-17(29-30-25(32)18-10-14-28-15-11-18)22-6-7-23-21-5-4-19-16-20(31)8-12-26(19,2)24(21)9-13-27(22,23)3/h6,10-11,14-15,19-21,23-24,31H,4-5,7-9,12-13,16H2,1-3H3,(H,30,32)/b29-17-/t19-,20+,21-,23+,24-,26-,27+/m0/s1. The number of aliphatic hydroxyl groups excluding tert-OH is 1. The summed E-state index contributed by atoms with van der Waals surface area (Å²) < 4.78 is 0. The number of aromatic nitrogens is 1. The Morgan fingerprint density at radius 2 is 1.91 bits per heavy atom. The zero-order valence-electron chi connectivity index (χ0n) is 19.7. The number of carbonyl (C=O) groups is 1. The predicted octanol–water partition coefficient (Wildman–Crippen LogP) is 5.13. The monoisotopic (exact) mass is 435 g/mol. The number of amides is 1. The fourth-order valence-corrected chi connectivity index (χ4v) is 8.13. The third-order valence-electron chi connectivity index (χ3n) is 9.88. The van der Waals surface area contributed by atoms with E-state index in [0.717, 1.165) is 36.8 Å². The number of nitrogens with zero attached hydrogens (tertiary/aromatic N) is 2. The summed E-state index contributed by atoms with van der Waals surface area (Å²) in [7, 11) is 0. The molecule has 3 fully saturated rings. The highest BCUT2D eigenvalue weighted by Gasteiger charge is 2.58. The van der Waals surface area contributed by atoms with Gasteiger partial charge in [0, 0.05) is 18.0 Å². The van der Waals surface area contributed by atoms with Crippen molar-refractivity contribution in [2.75, 3.05) is 0 Å². The van der Waals surface area contributed by atoms with Crippen LogP contribution >= 0.6 is 0 Å². The van der Waals surface area contributed by atoms with Crippen LogP contribution in [0.15, 0.2) is 41.3 Å². The molecule has 0 saturated heterocycles. The SMILES string of the molecule is C/C(=N/NC(=O)c1ccncc1)C1=CC[C@@H]2[C@@H]3CC[C@H]4C[C@H](O)CC[C@]4(C)[C@H]3CC[C@]12C. The van der Waals surface area contributed by atoms with E-state index >= 15 is 0 Å². The Bertz CT molecular complexity index is 941. The molecule has 4 aliphatic carbocycles. The predicted molar refractivity (Wildman–Crippen MR) is 126 cm³/mol. The van der Waals surface area contributed by atoms with Crippen molar-refractivity contribution in [3.8, 4) is 0 Å². The van der Waals surface area contributed by atoms with Crippen molar-refractivity contribution in [2.24, 2.45) is 39.6 Å². The van der Waals surface area contributed by atoms with E-state index < -0.39 is 0 Å². The molecule has 0 aliphatic heterocycles. The number of fused-ring (bicyclic) bond motifs is 5. The maximum absolute atomic E-state index is 12.4. The average Bonchev–Trinajstić information content (AvgIpc) is 3.15. The quantitative estimate of drug-likeness (QED) is 0.511. The number of hydrazone groups is 1. The first-order valence-electron chi connectivity index (χ1n) is 12.5. The minimum absolute atomic E-state index is 0.0838. The minimum Gasteiger partial charge on any atom is -0.393 e. The molecule has 5 heteroatoms. The van der Waals surface area contributed by atoms with E-state index in [1.54, 1.807) is 24.5 Å². The molecule has 0 unspecified atom stereocenters. The largest absolute Gasteiger partial charge is 0.393 e. The van der Waals surface area contributed by atoms with Crippen molar-refractivity contribution in [2.45, 2.75) is 78.2 Å². The number of carbonyl (C=O) groups excluding carboxylic acids is 1. The minimum atomic E-state index is -0.193. The van der Waals surface area contributed by atoms with Gasteiger partial charge in [0.25, 0.3) is 5.91 Å². The van der Waals surface area contributed by atoms with Crippen LogP contribution < -0.4 is 5.43 Å². The molecule has 0 spiro atoms.